The van der Waals surface area contributed by atoms with Crippen LogP contribution < -0.4 is 5.73 Å². The molecule has 0 spiro atoms. The molecule has 0 atom stereocenters. The molecule has 0 radical (unpaired) electrons. The number of rotatable bonds is 3. The third-order valence-corrected chi connectivity index (χ3v) is 4.20. The lowest BCUT2D eigenvalue weighted by Gasteiger charge is -2.32. The lowest BCUT2D eigenvalue weighted by molar-refractivity contribution is 0.148. The third kappa shape index (κ3) is 2.66. The highest BCUT2D eigenvalue weighted by atomic mass is 16.3. The second-order valence-electron chi connectivity index (χ2n) is 5.87. The molecule has 8 nitrogen and oxygen atoms in total. The van der Waals surface area contributed by atoms with E-state index in [9.17, 15) is 0 Å². The van der Waals surface area contributed by atoms with E-state index in [1.165, 1.54) is 0 Å². The SMILES string of the molecule is CN1CCN(Cc2cnc(N)n3nc(-c4ccco4)nc23)CC1. The molecule has 0 saturated carbocycles. The average molecular weight is 313 g/mol. The zero-order valence-corrected chi connectivity index (χ0v) is 13.0. The van der Waals surface area contributed by atoms with Gasteiger partial charge < -0.3 is 15.1 Å². The lowest BCUT2D eigenvalue weighted by atomic mass is 10.2. The number of nitrogens with two attached hydrogens (primary N) is 1. The number of furan rings is 1. The van der Waals surface area contributed by atoms with Gasteiger partial charge in [-0.05, 0) is 19.2 Å². The summed E-state index contributed by atoms with van der Waals surface area (Å²) in [6, 6.07) is 3.65. The van der Waals surface area contributed by atoms with Gasteiger partial charge in [0.1, 0.15) is 0 Å². The zero-order valence-electron chi connectivity index (χ0n) is 13.0. The summed E-state index contributed by atoms with van der Waals surface area (Å²) < 4.78 is 6.96. The van der Waals surface area contributed by atoms with Gasteiger partial charge in [-0.2, -0.15) is 4.52 Å². The molecule has 0 amide bonds. The molecule has 1 aliphatic heterocycles. The highest BCUT2D eigenvalue weighted by Crippen LogP contribution is 2.20. The van der Waals surface area contributed by atoms with E-state index in [-0.39, 0.29) is 0 Å². The first-order valence-electron chi connectivity index (χ1n) is 7.65. The quantitative estimate of drug-likeness (QED) is 0.762. The van der Waals surface area contributed by atoms with E-state index >= 15 is 0 Å². The number of aromatic nitrogens is 4. The number of fused-ring (bicyclic) bond motifs is 1. The Bertz CT molecular complexity index is 803. The molecular weight excluding hydrogens is 294 g/mol. The third-order valence-electron chi connectivity index (χ3n) is 4.20. The summed E-state index contributed by atoms with van der Waals surface area (Å²) in [6.07, 6.45) is 3.40. The molecule has 3 aromatic rings. The van der Waals surface area contributed by atoms with Crippen molar-refractivity contribution >= 4 is 11.6 Å². The van der Waals surface area contributed by atoms with Crippen molar-refractivity contribution in [3.8, 4) is 11.6 Å². The molecule has 4 rings (SSSR count). The second kappa shape index (κ2) is 5.64. The standard InChI is InChI=1S/C15H19N7O/c1-20-4-6-21(7-5-20)10-11-9-17-15(16)22-14(11)18-13(19-22)12-3-2-8-23-12/h2-3,8-9H,4-7,10H2,1H3,(H2,16,17). The van der Waals surface area contributed by atoms with Crippen molar-refractivity contribution in [2.24, 2.45) is 0 Å². The molecule has 120 valence electrons. The number of nitrogens with zero attached hydrogens (tertiary/aromatic N) is 6. The van der Waals surface area contributed by atoms with Gasteiger partial charge in [-0.25, -0.2) is 9.97 Å². The molecular formula is C15H19N7O. The van der Waals surface area contributed by atoms with Crippen LogP contribution in [0.3, 0.4) is 0 Å². The van der Waals surface area contributed by atoms with Gasteiger partial charge >= 0.3 is 0 Å². The van der Waals surface area contributed by atoms with E-state index in [0.29, 0.717) is 17.5 Å². The van der Waals surface area contributed by atoms with Crippen molar-refractivity contribution in [2.45, 2.75) is 6.54 Å². The fourth-order valence-corrected chi connectivity index (χ4v) is 2.80. The average Bonchev–Trinajstić information content (AvgIpc) is 3.21. The number of nitrogen functional groups attached to an aromatic ring is 1. The predicted octanol–water partition coefficient (Wildman–Crippen LogP) is 0.714. The van der Waals surface area contributed by atoms with Crippen LogP contribution in [0.15, 0.2) is 29.0 Å². The lowest BCUT2D eigenvalue weighted by Crippen LogP contribution is -2.43. The minimum absolute atomic E-state index is 0.326. The maximum atomic E-state index is 5.94. The summed E-state index contributed by atoms with van der Waals surface area (Å²) in [7, 11) is 2.15. The minimum atomic E-state index is 0.326. The maximum Gasteiger partial charge on any atom is 0.223 e. The Balaban J connectivity index is 1.68. The van der Waals surface area contributed by atoms with Gasteiger partial charge in [-0.1, -0.05) is 0 Å². The van der Waals surface area contributed by atoms with Crippen molar-refractivity contribution < 1.29 is 4.42 Å². The molecule has 3 aromatic heterocycles. The summed E-state index contributed by atoms with van der Waals surface area (Å²) in [6.45, 7) is 5.01. The summed E-state index contributed by atoms with van der Waals surface area (Å²) in [5, 5.41) is 4.42. The van der Waals surface area contributed by atoms with E-state index in [1.54, 1.807) is 17.0 Å². The van der Waals surface area contributed by atoms with Crippen molar-refractivity contribution in [3.63, 3.8) is 0 Å². The predicted molar refractivity (Wildman–Crippen MR) is 85.7 cm³/mol. The van der Waals surface area contributed by atoms with Crippen molar-refractivity contribution in [1.29, 1.82) is 0 Å². The number of anilines is 1. The van der Waals surface area contributed by atoms with Crippen LogP contribution in [0.2, 0.25) is 0 Å². The molecule has 4 heterocycles. The highest BCUT2D eigenvalue weighted by molar-refractivity contribution is 5.57. The first kappa shape index (κ1) is 14.2. The first-order chi connectivity index (χ1) is 11.2. The Morgan fingerprint density at radius 2 is 2.09 bits per heavy atom. The van der Waals surface area contributed by atoms with Gasteiger partial charge in [0.05, 0.1) is 6.26 Å². The zero-order chi connectivity index (χ0) is 15.8. The van der Waals surface area contributed by atoms with E-state index < -0.39 is 0 Å². The van der Waals surface area contributed by atoms with Gasteiger partial charge in [0, 0.05) is 44.5 Å². The smallest absolute Gasteiger partial charge is 0.223 e. The van der Waals surface area contributed by atoms with E-state index in [2.05, 4.69) is 31.9 Å². The maximum absolute atomic E-state index is 5.94. The molecule has 23 heavy (non-hydrogen) atoms. The van der Waals surface area contributed by atoms with Crippen molar-refractivity contribution in [3.05, 3.63) is 30.2 Å². The Morgan fingerprint density at radius 1 is 1.26 bits per heavy atom. The second-order valence-corrected chi connectivity index (χ2v) is 5.87. The van der Waals surface area contributed by atoms with E-state index in [0.717, 1.165) is 43.9 Å². The van der Waals surface area contributed by atoms with Gasteiger partial charge in [0.2, 0.25) is 11.8 Å². The van der Waals surface area contributed by atoms with Crippen LogP contribution in [-0.2, 0) is 6.54 Å². The summed E-state index contributed by atoms with van der Waals surface area (Å²) in [5.41, 5.74) is 7.70. The minimum Gasteiger partial charge on any atom is -0.461 e. The monoisotopic (exact) mass is 313 g/mol. The summed E-state index contributed by atoms with van der Waals surface area (Å²) >= 11 is 0. The molecule has 1 aliphatic rings. The molecule has 1 saturated heterocycles. The van der Waals surface area contributed by atoms with Crippen LogP contribution in [-0.4, -0.2) is 62.6 Å². The Kier molecular flexibility index (Phi) is 3.47. The Labute approximate surface area is 133 Å². The molecule has 0 aliphatic carbocycles. The first-order valence-corrected chi connectivity index (χ1v) is 7.65. The number of likely N-dealkylation sites (N-methyl/N-ethyl adjacent to an activating group) is 1. The fourth-order valence-electron chi connectivity index (χ4n) is 2.80. The van der Waals surface area contributed by atoms with E-state index in [1.807, 2.05) is 12.1 Å². The molecule has 8 heteroatoms. The van der Waals surface area contributed by atoms with Crippen LogP contribution in [0.25, 0.3) is 17.2 Å². The molecule has 0 aromatic carbocycles. The van der Waals surface area contributed by atoms with Gasteiger partial charge in [-0.15, -0.1) is 5.10 Å². The normalized spacial score (nSPS) is 17.1. The van der Waals surface area contributed by atoms with E-state index in [4.69, 9.17) is 10.2 Å². The van der Waals surface area contributed by atoms with Crippen LogP contribution in [0.1, 0.15) is 5.56 Å². The molecule has 1 fully saturated rings. The molecule has 0 bridgehead atoms. The summed E-state index contributed by atoms with van der Waals surface area (Å²) in [4.78, 5) is 13.6. The van der Waals surface area contributed by atoms with Crippen LogP contribution >= 0.6 is 0 Å². The van der Waals surface area contributed by atoms with Crippen molar-refractivity contribution in [2.75, 3.05) is 39.0 Å². The van der Waals surface area contributed by atoms with Gasteiger partial charge in [0.25, 0.3) is 0 Å². The Morgan fingerprint density at radius 3 is 2.83 bits per heavy atom. The number of piperazine rings is 1. The van der Waals surface area contributed by atoms with Gasteiger partial charge in [0.15, 0.2) is 11.4 Å². The highest BCUT2D eigenvalue weighted by Gasteiger charge is 2.18. The topological polar surface area (TPSA) is 88.7 Å². The summed E-state index contributed by atoms with van der Waals surface area (Å²) in [5.74, 6) is 1.47. The van der Waals surface area contributed by atoms with Crippen molar-refractivity contribution in [1.82, 2.24) is 29.4 Å². The van der Waals surface area contributed by atoms with Crippen LogP contribution in [0.5, 0.6) is 0 Å². The van der Waals surface area contributed by atoms with Gasteiger partial charge in [-0.3, -0.25) is 4.90 Å². The van der Waals surface area contributed by atoms with Crippen LogP contribution in [0, 0.1) is 0 Å². The van der Waals surface area contributed by atoms with Crippen LogP contribution in [0.4, 0.5) is 5.95 Å². The largest absolute Gasteiger partial charge is 0.461 e. The number of hydrogen-bond acceptors (Lipinski definition) is 7. The molecule has 0 unspecified atom stereocenters. The Hall–Kier alpha value is -2.45. The number of hydrogen-bond donors (Lipinski definition) is 1. The fraction of sp³-hybridized carbons (Fsp3) is 0.400. The molecule has 2 N–H and O–H groups in total.